The van der Waals surface area contributed by atoms with Crippen LogP contribution in [0.2, 0.25) is 0 Å². The summed E-state index contributed by atoms with van der Waals surface area (Å²) in [5, 5.41) is 1.40. The largest absolute Gasteiger partial charge is 0.344 e. The number of hydrogen-bond donors (Lipinski definition) is 0. The molecule has 0 bridgehead atoms. The molecule has 2 aromatic heterocycles. The smallest absolute Gasteiger partial charge is 0.256 e. The van der Waals surface area contributed by atoms with Gasteiger partial charge < -0.3 is 4.57 Å². The molecule has 0 saturated heterocycles. The van der Waals surface area contributed by atoms with Gasteiger partial charge in [-0.3, -0.25) is 14.3 Å². The topological polar surface area (TPSA) is 43.1 Å². The van der Waals surface area contributed by atoms with Crippen LogP contribution in [0.25, 0.3) is 10.9 Å². The first-order valence-corrected chi connectivity index (χ1v) is 13.5. The van der Waals surface area contributed by atoms with Gasteiger partial charge in [0.25, 0.3) is 5.56 Å². The van der Waals surface area contributed by atoms with E-state index in [4.69, 9.17) is 4.98 Å². The zero-order valence-electron chi connectivity index (χ0n) is 22.0. The molecule has 2 aromatic carbocycles. The van der Waals surface area contributed by atoms with Crippen LogP contribution in [0, 0.1) is 13.8 Å². The molecule has 0 radical (unpaired) electrons. The average molecular weight is 517 g/mol. The highest BCUT2D eigenvalue weighted by atomic mass is 35.5. The van der Waals surface area contributed by atoms with Crippen molar-refractivity contribution in [3.63, 3.8) is 0 Å². The molecule has 37 heavy (non-hydrogen) atoms. The molecule has 4 heterocycles. The van der Waals surface area contributed by atoms with Gasteiger partial charge in [0.1, 0.15) is 5.82 Å². The highest BCUT2D eigenvalue weighted by Gasteiger charge is 2.25. The van der Waals surface area contributed by atoms with E-state index in [1.54, 1.807) is 0 Å². The van der Waals surface area contributed by atoms with Crippen LogP contribution in [-0.2, 0) is 45.3 Å². The molecule has 6 rings (SSSR count). The zero-order chi connectivity index (χ0) is 24.6. The standard InChI is InChI=1S/C31H36N4O.ClH/c1-22-11-12-28-26(20-22)27-21-33(18-15-29(27)34(28)19-13-24-8-4-3-5-9-24)17-14-25-23(2)32-30-10-6-7-16-35(30)31(25)36;/h3-5,8-9,11-12,20H,6-7,10,13-19,21H2,1-2H3;1H. The van der Waals surface area contributed by atoms with E-state index in [0.717, 1.165) is 88.3 Å². The second kappa shape index (κ2) is 10.8. The monoisotopic (exact) mass is 516 g/mol. The molecular formula is C31H37ClN4O. The molecule has 5 nitrogen and oxygen atoms in total. The summed E-state index contributed by atoms with van der Waals surface area (Å²) < 4.78 is 4.50. The van der Waals surface area contributed by atoms with Crippen LogP contribution in [0.3, 0.4) is 0 Å². The number of fused-ring (bicyclic) bond motifs is 4. The highest BCUT2D eigenvalue weighted by Crippen LogP contribution is 2.32. The van der Waals surface area contributed by atoms with Crippen LogP contribution in [0.1, 0.15) is 52.3 Å². The third-order valence-electron chi connectivity index (χ3n) is 8.21. The quantitative estimate of drug-likeness (QED) is 0.344. The second-order valence-electron chi connectivity index (χ2n) is 10.6. The third kappa shape index (κ3) is 4.99. The molecule has 0 unspecified atom stereocenters. The summed E-state index contributed by atoms with van der Waals surface area (Å²) in [6, 6.07) is 17.7. The van der Waals surface area contributed by atoms with E-state index in [9.17, 15) is 4.79 Å². The maximum absolute atomic E-state index is 13.2. The predicted octanol–water partition coefficient (Wildman–Crippen LogP) is 5.42. The van der Waals surface area contributed by atoms with Gasteiger partial charge in [0.15, 0.2) is 0 Å². The van der Waals surface area contributed by atoms with Crippen LogP contribution < -0.4 is 5.56 Å². The fourth-order valence-corrected chi connectivity index (χ4v) is 6.24. The van der Waals surface area contributed by atoms with Crippen LogP contribution in [0.5, 0.6) is 0 Å². The maximum Gasteiger partial charge on any atom is 0.256 e. The number of hydrogen-bond acceptors (Lipinski definition) is 3. The first-order valence-electron chi connectivity index (χ1n) is 13.5. The van der Waals surface area contributed by atoms with Crippen molar-refractivity contribution in [2.45, 2.75) is 72.0 Å². The summed E-state index contributed by atoms with van der Waals surface area (Å²) in [7, 11) is 0. The molecule has 0 aliphatic carbocycles. The van der Waals surface area contributed by atoms with Crippen LogP contribution in [-0.4, -0.2) is 32.1 Å². The third-order valence-corrected chi connectivity index (χ3v) is 8.21. The molecule has 194 valence electrons. The lowest BCUT2D eigenvalue weighted by Crippen LogP contribution is -2.36. The van der Waals surface area contributed by atoms with Crippen molar-refractivity contribution < 1.29 is 0 Å². The van der Waals surface area contributed by atoms with Crippen LogP contribution >= 0.6 is 12.4 Å². The summed E-state index contributed by atoms with van der Waals surface area (Å²) in [6.45, 7) is 8.92. The number of aryl methyl sites for hydroxylation is 5. The Labute approximate surface area is 225 Å². The van der Waals surface area contributed by atoms with Crippen molar-refractivity contribution in [1.29, 1.82) is 0 Å². The first-order chi connectivity index (χ1) is 17.6. The lowest BCUT2D eigenvalue weighted by atomic mass is 10.0. The van der Waals surface area contributed by atoms with Crippen molar-refractivity contribution in [2.24, 2.45) is 0 Å². The predicted molar refractivity (Wildman–Crippen MR) is 153 cm³/mol. The Morgan fingerprint density at radius 2 is 1.76 bits per heavy atom. The number of aromatic nitrogens is 3. The Kier molecular flexibility index (Phi) is 7.55. The molecule has 0 N–H and O–H groups in total. The Balaban J connectivity index is 0.00000280. The molecule has 6 heteroatoms. The van der Waals surface area contributed by atoms with Gasteiger partial charge in [-0.15, -0.1) is 12.4 Å². The second-order valence-corrected chi connectivity index (χ2v) is 10.6. The summed E-state index contributed by atoms with van der Waals surface area (Å²) in [5.74, 6) is 0.980. The molecule has 2 aliphatic heterocycles. The van der Waals surface area contributed by atoms with E-state index in [2.05, 4.69) is 64.9 Å². The molecule has 0 amide bonds. The number of rotatable bonds is 6. The van der Waals surface area contributed by atoms with Gasteiger partial charge in [0, 0.05) is 73.4 Å². The Bertz CT molecular complexity index is 1470. The molecule has 0 atom stereocenters. The normalized spacial score (nSPS) is 15.3. The summed E-state index contributed by atoms with van der Waals surface area (Å²) in [6.07, 6.45) is 6.03. The van der Waals surface area contributed by atoms with E-state index >= 15 is 0 Å². The van der Waals surface area contributed by atoms with Crippen molar-refractivity contribution in [2.75, 3.05) is 13.1 Å². The van der Waals surface area contributed by atoms with Crippen LogP contribution in [0.15, 0.2) is 53.3 Å². The maximum atomic E-state index is 13.2. The Morgan fingerprint density at radius 1 is 0.919 bits per heavy atom. The SMILES string of the molecule is Cc1ccc2c(c1)c1c(n2CCc2ccccc2)CCN(CCc2c(C)nc3n(c2=O)CCCC3)C1.Cl. The van der Waals surface area contributed by atoms with Crippen molar-refractivity contribution >= 4 is 23.3 Å². The van der Waals surface area contributed by atoms with E-state index in [0.29, 0.717) is 0 Å². The number of benzene rings is 2. The van der Waals surface area contributed by atoms with E-state index in [-0.39, 0.29) is 18.0 Å². The number of halogens is 1. The minimum atomic E-state index is 0. The van der Waals surface area contributed by atoms with Gasteiger partial charge in [-0.25, -0.2) is 4.98 Å². The van der Waals surface area contributed by atoms with E-state index < -0.39 is 0 Å². The van der Waals surface area contributed by atoms with Crippen molar-refractivity contribution in [3.05, 3.63) is 98.4 Å². The molecule has 0 fully saturated rings. The van der Waals surface area contributed by atoms with Gasteiger partial charge in [-0.2, -0.15) is 0 Å². The average Bonchev–Trinajstić information content (AvgIpc) is 3.20. The van der Waals surface area contributed by atoms with Crippen molar-refractivity contribution in [3.8, 4) is 0 Å². The fourth-order valence-electron chi connectivity index (χ4n) is 6.24. The lowest BCUT2D eigenvalue weighted by Gasteiger charge is -2.28. The summed E-state index contributed by atoms with van der Waals surface area (Å²) >= 11 is 0. The zero-order valence-corrected chi connectivity index (χ0v) is 22.8. The molecule has 4 aromatic rings. The Hall–Kier alpha value is -2.89. The van der Waals surface area contributed by atoms with Crippen molar-refractivity contribution in [1.82, 2.24) is 19.0 Å². The Morgan fingerprint density at radius 3 is 2.59 bits per heavy atom. The van der Waals surface area contributed by atoms with E-state index in [1.165, 1.54) is 33.3 Å². The summed E-state index contributed by atoms with van der Waals surface area (Å²) in [5.41, 5.74) is 9.06. The fraction of sp³-hybridized carbons (Fsp3) is 0.419. The van der Waals surface area contributed by atoms with Crippen LogP contribution in [0.4, 0.5) is 0 Å². The highest BCUT2D eigenvalue weighted by molar-refractivity contribution is 5.86. The van der Waals surface area contributed by atoms with Gasteiger partial charge in [-0.1, -0.05) is 42.0 Å². The molecule has 0 saturated carbocycles. The van der Waals surface area contributed by atoms with Gasteiger partial charge >= 0.3 is 0 Å². The minimum Gasteiger partial charge on any atom is -0.344 e. The molecule has 0 spiro atoms. The first kappa shape index (κ1) is 25.7. The minimum absolute atomic E-state index is 0. The van der Waals surface area contributed by atoms with E-state index in [1.807, 2.05) is 11.5 Å². The van der Waals surface area contributed by atoms with Gasteiger partial charge in [0.2, 0.25) is 0 Å². The van der Waals surface area contributed by atoms with Gasteiger partial charge in [0.05, 0.1) is 0 Å². The molecular weight excluding hydrogens is 480 g/mol. The summed E-state index contributed by atoms with van der Waals surface area (Å²) in [4.78, 5) is 20.6. The lowest BCUT2D eigenvalue weighted by molar-refractivity contribution is 0.254. The molecule has 2 aliphatic rings. The number of nitrogens with zero attached hydrogens (tertiary/aromatic N) is 4. The van der Waals surface area contributed by atoms with Gasteiger partial charge in [-0.05, 0) is 62.8 Å².